The van der Waals surface area contributed by atoms with Gasteiger partial charge < -0.3 is 5.32 Å². The number of carbonyl (C=O) groups excluding carboxylic acids is 1. The smallest absolute Gasteiger partial charge is 0.244 e. The normalized spacial score (nSPS) is 10.7. The Bertz CT molecular complexity index is 975. The van der Waals surface area contributed by atoms with Crippen LogP contribution in [0.3, 0.4) is 0 Å². The topological polar surface area (TPSA) is 62.7 Å². The van der Waals surface area contributed by atoms with Gasteiger partial charge in [0.05, 0.1) is 0 Å². The number of halogens is 1. The van der Waals surface area contributed by atoms with E-state index in [2.05, 4.69) is 15.5 Å². The second-order valence-electron chi connectivity index (χ2n) is 5.81. The zero-order chi connectivity index (χ0) is 18.0. The summed E-state index contributed by atoms with van der Waals surface area (Å²) >= 11 is 11.2. The van der Waals surface area contributed by atoms with E-state index in [1.807, 2.05) is 44.2 Å². The molecule has 0 spiro atoms. The number of nitrogens with zero attached hydrogens (tertiary/aromatic N) is 2. The molecule has 1 amide bonds. The van der Waals surface area contributed by atoms with Gasteiger partial charge in [-0.2, -0.15) is 5.10 Å². The quantitative estimate of drug-likeness (QED) is 0.662. The molecule has 7 heteroatoms. The van der Waals surface area contributed by atoms with E-state index >= 15 is 0 Å². The minimum Gasteiger partial charge on any atom is -0.324 e. The average Bonchev–Trinajstić information content (AvgIpc) is 2.92. The Morgan fingerprint density at radius 3 is 2.64 bits per heavy atom. The largest absolute Gasteiger partial charge is 0.324 e. The number of benzene rings is 2. The molecule has 0 saturated heterocycles. The van der Waals surface area contributed by atoms with E-state index in [-0.39, 0.29) is 12.5 Å². The number of carbonyl (C=O) groups is 1. The van der Waals surface area contributed by atoms with Crippen LogP contribution in [0.5, 0.6) is 0 Å². The molecule has 3 aromatic rings. The zero-order valence-electron chi connectivity index (χ0n) is 13.8. The van der Waals surface area contributed by atoms with E-state index in [0.717, 1.165) is 22.4 Å². The van der Waals surface area contributed by atoms with Gasteiger partial charge in [0.15, 0.2) is 10.6 Å². The maximum atomic E-state index is 12.5. The van der Waals surface area contributed by atoms with Crippen LogP contribution in [-0.2, 0) is 11.3 Å². The number of aromatic nitrogens is 3. The van der Waals surface area contributed by atoms with E-state index in [9.17, 15) is 4.79 Å². The summed E-state index contributed by atoms with van der Waals surface area (Å²) in [4.78, 5) is 12.5. The van der Waals surface area contributed by atoms with Crippen molar-refractivity contribution >= 4 is 35.4 Å². The summed E-state index contributed by atoms with van der Waals surface area (Å²) in [6.45, 7) is 4.05. The molecule has 0 bridgehead atoms. The number of H-pyrrole nitrogens is 1. The fourth-order valence-electron chi connectivity index (χ4n) is 2.57. The number of aryl methyl sites for hydroxylation is 2. The van der Waals surface area contributed by atoms with Crippen LogP contribution in [0.2, 0.25) is 5.02 Å². The lowest BCUT2D eigenvalue weighted by molar-refractivity contribution is -0.116. The molecule has 1 aromatic heterocycles. The van der Waals surface area contributed by atoms with Crippen molar-refractivity contribution in [2.24, 2.45) is 0 Å². The molecule has 0 fully saturated rings. The van der Waals surface area contributed by atoms with Crippen LogP contribution in [0.1, 0.15) is 11.1 Å². The highest BCUT2D eigenvalue weighted by Crippen LogP contribution is 2.20. The minimum atomic E-state index is -0.167. The fourth-order valence-corrected chi connectivity index (χ4v) is 2.89. The molecule has 128 valence electrons. The van der Waals surface area contributed by atoms with Gasteiger partial charge in [-0.3, -0.25) is 14.5 Å². The standard InChI is InChI=1S/C18H17ClN4OS/c1-11-3-8-15(12(2)9-11)20-16(24)10-23-17(21-22-18(23)25)13-4-6-14(19)7-5-13/h3-9H,10H2,1-2H3,(H,20,24)(H,22,25). The first-order valence-electron chi connectivity index (χ1n) is 7.72. The van der Waals surface area contributed by atoms with Crippen LogP contribution in [0, 0.1) is 18.6 Å². The van der Waals surface area contributed by atoms with Crippen LogP contribution in [0.15, 0.2) is 42.5 Å². The van der Waals surface area contributed by atoms with E-state index < -0.39 is 0 Å². The number of hydrogen-bond donors (Lipinski definition) is 2. The molecule has 0 unspecified atom stereocenters. The van der Waals surface area contributed by atoms with Crippen molar-refractivity contribution in [2.45, 2.75) is 20.4 Å². The second-order valence-corrected chi connectivity index (χ2v) is 6.64. The number of amides is 1. The first-order valence-corrected chi connectivity index (χ1v) is 8.51. The molecular weight excluding hydrogens is 356 g/mol. The Kier molecular flexibility index (Phi) is 5.01. The SMILES string of the molecule is Cc1ccc(NC(=O)Cn2c(-c3ccc(Cl)cc3)n[nH]c2=S)c(C)c1. The van der Waals surface area contributed by atoms with Gasteiger partial charge in [0.1, 0.15) is 6.54 Å². The molecule has 0 aliphatic rings. The van der Waals surface area contributed by atoms with Gasteiger partial charge in [-0.1, -0.05) is 29.3 Å². The van der Waals surface area contributed by atoms with Gasteiger partial charge in [0, 0.05) is 16.3 Å². The highest BCUT2D eigenvalue weighted by Gasteiger charge is 2.13. The summed E-state index contributed by atoms with van der Waals surface area (Å²) in [6, 6.07) is 13.1. The molecule has 2 aromatic carbocycles. The van der Waals surface area contributed by atoms with E-state index in [1.165, 1.54) is 0 Å². The lowest BCUT2D eigenvalue weighted by Crippen LogP contribution is -2.20. The van der Waals surface area contributed by atoms with Gasteiger partial charge in [-0.05, 0) is 62.0 Å². The summed E-state index contributed by atoms with van der Waals surface area (Å²) in [5, 5.41) is 10.5. The van der Waals surface area contributed by atoms with Crippen molar-refractivity contribution in [1.29, 1.82) is 0 Å². The molecule has 0 aliphatic heterocycles. The van der Waals surface area contributed by atoms with Gasteiger partial charge in [-0.15, -0.1) is 0 Å². The van der Waals surface area contributed by atoms with Crippen molar-refractivity contribution in [3.05, 3.63) is 63.4 Å². The molecular formula is C18H17ClN4OS. The average molecular weight is 373 g/mol. The number of nitrogens with one attached hydrogen (secondary N) is 2. The third-order valence-electron chi connectivity index (χ3n) is 3.82. The van der Waals surface area contributed by atoms with Crippen molar-refractivity contribution in [1.82, 2.24) is 14.8 Å². The summed E-state index contributed by atoms with van der Waals surface area (Å²) in [5.74, 6) is 0.428. The molecule has 1 heterocycles. The molecule has 2 N–H and O–H groups in total. The predicted molar refractivity (Wildman–Crippen MR) is 102 cm³/mol. The Morgan fingerprint density at radius 2 is 1.96 bits per heavy atom. The van der Waals surface area contributed by atoms with Crippen LogP contribution in [-0.4, -0.2) is 20.7 Å². The maximum Gasteiger partial charge on any atom is 0.244 e. The van der Waals surface area contributed by atoms with Crippen LogP contribution in [0.4, 0.5) is 5.69 Å². The highest BCUT2D eigenvalue weighted by molar-refractivity contribution is 7.71. The lowest BCUT2D eigenvalue weighted by atomic mass is 10.1. The molecule has 0 radical (unpaired) electrons. The third-order valence-corrected chi connectivity index (χ3v) is 4.38. The molecule has 25 heavy (non-hydrogen) atoms. The number of anilines is 1. The first-order chi connectivity index (χ1) is 11.9. The third kappa shape index (κ3) is 3.97. The summed E-state index contributed by atoms with van der Waals surface area (Å²) in [5.41, 5.74) is 3.79. The Morgan fingerprint density at radius 1 is 1.24 bits per heavy atom. The zero-order valence-corrected chi connectivity index (χ0v) is 15.4. The van der Waals surface area contributed by atoms with Crippen molar-refractivity contribution < 1.29 is 4.79 Å². The van der Waals surface area contributed by atoms with E-state index in [1.54, 1.807) is 16.7 Å². The van der Waals surface area contributed by atoms with Crippen molar-refractivity contribution in [3.8, 4) is 11.4 Å². The van der Waals surface area contributed by atoms with E-state index in [0.29, 0.717) is 15.6 Å². The molecule has 0 atom stereocenters. The van der Waals surface area contributed by atoms with Gasteiger partial charge in [0.2, 0.25) is 5.91 Å². The maximum absolute atomic E-state index is 12.5. The number of aromatic amines is 1. The van der Waals surface area contributed by atoms with E-state index in [4.69, 9.17) is 23.8 Å². The Labute approximate surface area is 155 Å². The number of rotatable bonds is 4. The second kappa shape index (κ2) is 7.21. The monoisotopic (exact) mass is 372 g/mol. The molecule has 3 rings (SSSR count). The van der Waals surface area contributed by atoms with Crippen LogP contribution in [0.25, 0.3) is 11.4 Å². The molecule has 0 saturated carbocycles. The van der Waals surface area contributed by atoms with Crippen LogP contribution >= 0.6 is 23.8 Å². The van der Waals surface area contributed by atoms with Crippen LogP contribution < -0.4 is 5.32 Å². The lowest BCUT2D eigenvalue weighted by Gasteiger charge is -2.11. The molecule has 5 nitrogen and oxygen atoms in total. The first kappa shape index (κ1) is 17.4. The fraction of sp³-hybridized carbons (Fsp3) is 0.167. The Balaban J connectivity index is 1.83. The highest BCUT2D eigenvalue weighted by atomic mass is 35.5. The van der Waals surface area contributed by atoms with Crippen molar-refractivity contribution in [3.63, 3.8) is 0 Å². The Hall–Kier alpha value is -2.44. The number of hydrogen-bond acceptors (Lipinski definition) is 3. The van der Waals surface area contributed by atoms with Gasteiger partial charge in [0.25, 0.3) is 0 Å². The van der Waals surface area contributed by atoms with Gasteiger partial charge in [-0.25, -0.2) is 0 Å². The molecule has 0 aliphatic carbocycles. The summed E-state index contributed by atoms with van der Waals surface area (Å²) in [7, 11) is 0. The minimum absolute atomic E-state index is 0.0700. The van der Waals surface area contributed by atoms with Gasteiger partial charge >= 0.3 is 0 Å². The predicted octanol–water partition coefficient (Wildman–Crippen LogP) is 4.52. The summed E-state index contributed by atoms with van der Waals surface area (Å²) in [6.07, 6.45) is 0. The van der Waals surface area contributed by atoms with Crippen molar-refractivity contribution in [2.75, 3.05) is 5.32 Å². The summed E-state index contributed by atoms with van der Waals surface area (Å²) < 4.78 is 2.05.